The molecule has 38 heavy (non-hydrogen) atoms. The average molecular weight is 487 g/mol. The molecular weight excluding hydrogens is 456 g/mol. The van der Waals surface area contributed by atoms with E-state index in [4.69, 9.17) is 0 Å². The van der Waals surface area contributed by atoms with Gasteiger partial charge in [0.15, 0.2) is 0 Å². The molecule has 0 heteroatoms. The molecule has 0 radical (unpaired) electrons. The summed E-state index contributed by atoms with van der Waals surface area (Å²) in [5, 5.41) is 5.27. The van der Waals surface area contributed by atoms with E-state index in [1.807, 2.05) is 0 Å². The molecule has 0 aliphatic heterocycles. The van der Waals surface area contributed by atoms with Crippen LogP contribution in [0.25, 0.3) is 61.0 Å². The normalized spacial score (nSPS) is 12.7. The lowest BCUT2D eigenvalue weighted by Gasteiger charge is -2.25. The standard InChI is InChI=1S/C38H30/c1-25-12-3-5-15-29(25)36-24-28(23-22-26(36)2)37-32-17-7-9-19-34(32)38(35-20-10-8-18-33(35)37)31-21-11-14-27-13-4-6-16-30(27)31/h3-9,11-19,21-24H,10,20H2,1-2H3. The van der Waals surface area contributed by atoms with E-state index >= 15 is 0 Å². The second-order valence-electron chi connectivity index (χ2n) is 10.5. The van der Waals surface area contributed by atoms with E-state index < -0.39 is 0 Å². The van der Waals surface area contributed by atoms with Crippen LogP contribution in [-0.2, 0) is 6.42 Å². The van der Waals surface area contributed by atoms with E-state index in [1.165, 1.54) is 77.2 Å². The monoisotopic (exact) mass is 486 g/mol. The molecule has 0 atom stereocenters. The fraction of sp³-hybridized carbons (Fsp3) is 0.105. The predicted octanol–water partition coefficient (Wildman–Crippen LogP) is 10.6. The highest BCUT2D eigenvalue weighted by atomic mass is 14.3. The molecule has 0 saturated heterocycles. The maximum absolute atomic E-state index is 2.42. The lowest BCUT2D eigenvalue weighted by Crippen LogP contribution is -2.03. The van der Waals surface area contributed by atoms with Crippen LogP contribution in [0.2, 0.25) is 0 Å². The molecular formula is C38H30. The number of allylic oxidation sites excluding steroid dienone is 1. The van der Waals surface area contributed by atoms with E-state index in [2.05, 4.69) is 135 Å². The number of rotatable bonds is 3. The molecule has 6 aromatic rings. The van der Waals surface area contributed by atoms with Gasteiger partial charge >= 0.3 is 0 Å². The van der Waals surface area contributed by atoms with Gasteiger partial charge in [-0.15, -0.1) is 0 Å². The van der Waals surface area contributed by atoms with Crippen LogP contribution in [0.5, 0.6) is 0 Å². The van der Waals surface area contributed by atoms with Crippen molar-refractivity contribution in [1.82, 2.24) is 0 Å². The number of hydrogen-bond acceptors (Lipinski definition) is 0. The number of aryl methyl sites for hydroxylation is 2. The van der Waals surface area contributed by atoms with Crippen molar-refractivity contribution in [2.75, 3.05) is 0 Å². The SMILES string of the molecule is Cc1ccccc1-c1cc(-c2c3c(c(-c4cccc5ccccc45)c4ccccc24)CCC=C3)ccc1C. The zero-order chi connectivity index (χ0) is 25.6. The first-order valence-electron chi connectivity index (χ1n) is 13.6. The second kappa shape index (κ2) is 9.15. The fourth-order valence-electron chi connectivity index (χ4n) is 6.39. The van der Waals surface area contributed by atoms with Crippen LogP contribution in [0.15, 0.2) is 115 Å². The Morgan fingerprint density at radius 2 is 1.18 bits per heavy atom. The summed E-state index contributed by atoms with van der Waals surface area (Å²) in [4.78, 5) is 0. The highest BCUT2D eigenvalue weighted by molar-refractivity contribution is 6.13. The van der Waals surface area contributed by atoms with Gasteiger partial charge in [-0.25, -0.2) is 0 Å². The van der Waals surface area contributed by atoms with Crippen molar-refractivity contribution in [1.29, 1.82) is 0 Å². The molecule has 0 saturated carbocycles. The van der Waals surface area contributed by atoms with Crippen LogP contribution in [0.4, 0.5) is 0 Å². The van der Waals surface area contributed by atoms with Gasteiger partial charge < -0.3 is 0 Å². The minimum Gasteiger partial charge on any atom is -0.0836 e. The molecule has 182 valence electrons. The molecule has 0 N–H and O–H groups in total. The third-order valence-electron chi connectivity index (χ3n) is 8.23. The van der Waals surface area contributed by atoms with Crippen molar-refractivity contribution in [2.24, 2.45) is 0 Å². The maximum atomic E-state index is 2.42. The number of fused-ring (bicyclic) bond motifs is 3. The van der Waals surface area contributed by atoms with Crippen molar-refractivity contribution in [3.8, 4) is 33.4 Å². The van der Waals surface area contributed by atoms with Crippen LogP contribution in [0.1, 0.15) is 28.7 Å². The summed E-state index contributed by atoms with van der Waals surface area (Å²) in [5.74, 6) is 0. The quantitative estimate of drug-likeness (QED) is 0.233. The van der Waals surface area contributed by atoms with E-state index in [1.54, 1.807) is 0 Å². The molecule has 0 heterocycles. The van der Waals surface area contributed by atoms with E-state index in [0.29, 0.717) is 0 Å². The molecule has 0 nitrogen and oxygen atoms in total. The zero-order valence-corrected chi connectivity index (χ0v) is 22.0. The molecule has 1 aliphatic rings. The van der Waals surface area contributed by atoms with Crippen LogP contribution < -0.4 is 0 Å². The molecule has 6 aromatic carbocycles. The lowest BCUT2D eigenvalue weighted by atomic mass is 9.79. The highest BCUT2D eigenvalue weighted by Crippen LogP contribution is 2.46. The van der Waals surface area contributed by atoms with Crippen LogP contribution in [0, 0.1) is 13.8 Å². The third-order valence-corrected chi connectivity index (χ3v) is 8.23. The molecule has 0 spiro atoms. The van der Waals surface area contributed by atoms with Crippen molar-refractivity contribution >= 4 is 27.6 Å². The Morgan fingerprint density at radius 3 is 2.03 bits per heavy atom. The molecule has 0 aromatic heterocycles. The van der Waals surface area contributed by atoms with Crippen molar-refractivity contribution in [3.63, 3.8) is 0 Å². The smallest absolute Gasteiger partial charge is 0.00295 e. The van der Waals surface area contributed by atoms with Crippen molar-refractivity contribution in [2.45, 2.75) is 26.7 Å². The topological polar surface area (TPSA) is 0 Å². The first-order valence-corrected chi connectivity index (χ1v) is 13.6. The Balaban J connectivity index is 1.57. The Bertz CT molecular complexity index is 1880. The first-order chi connectivity index (χ1) is 18.7. The largest absolute Gasteiger partial charge is 0.0836 e. The number of benzene rings is 6. The summed E-state index contributed by atoms with van der Waals surface area (Å²) in [7, 11) is 0. The Morgan fingerprint density at radius 1 is 0.526 bits per heavy atom. The highest BCUT2D eigenvalue weighted by Gasteiger charge is 2.22. The molecule has 0 fully saturated rings. The van der Waals surface area contributed by atoms with Gasteiger partial charge in [-0.2, -0.15) is 0 Å². The first kappa shape index (κ1) is 22.8. The predicted molar refractivity (Wildman–Crippen MR) is 165 cm³/mol. The van der Waals surface area contributed by atoms with Gasteiger partial charge in [0.05, 0.1) is 0 Å². The summed E-state index contributed by atoms with van der Waals surface area (Å²) in [6, 6.07) is 40.3. The molecule has 0 amide bonds. The van der Waals surface area contributed by atoms with Crippen LogP contribution in [-0.4, -0.2) is 0 Å². The van der Waals surface area contributed by atoms with Gasteiger partial charge in [0, 0.05) is 0 Å². The van der Waals surface area contributed by atoms with Crippen molar-refractivity contribution in [3.05, 3.63) is 138 Å². The summed E-state index contributed by atoms with van der Waals surface area (Å²) in [6.07, 6.45) is 6.86. The molecule has 0 bridgehead atoms. The summed E-state index contributed by atoms with van der Waals surface area (Å²) in [5.41, 5.74) is 13.5. The van der Waals surface area contributed by atoms with Gasteiger partial charge in [0.25, 0.3) is 0 Å². The molecule has 0 unspecified atom stereocenters. The minimum absolute atomic E-state index is 1.05. The van der Waals surface area contributed by atoms with Crippen molar-refractivity contribution < 1.29 is 0 Å². The van der Waals surface area contributed by atoms with Gasteiger partial charge in [0.1, 0.15) is 0 Å². The lowest BCUT2D eigenvalue weighted by molar-refractivity contribution is 0.992. The van der Waals surface area contributed by atoms with Gasteiger partial charge in [-0.3, -0.25) is 0 Å². The summed E-state index contributed by atoms with van der Waals surface area (Å²) >= 11 is 0. The van der Waals surface area contributed by atoms with Gasteiger partial charge in [0.2, 0.25) is 0 Å². The van der Waals surface area contributed by atoms with E-state index in [0.717, 1.165) is 12.8 Å². The third kappa shape index (κ3) is 3.60. The molecule has 7 rings (SSSR count). The molecule has 1 aliphatic carbocycles. The zero-order valence-electron chi connectivity index (χ0n) is 22.0. The van der Waals surface area contributed by atoms with E-state index in [-0.39, 0.29) is 0 Å². The maximum Gasteiger partial charge on any atom is -0.00295 e. The number of hydrogen-bond donors (Lipinski definition) is 0. The Kier molecular flexibility index (Phi) is 5.48. The van der Waals surface area contributed by atoms with E-state index in [9.17, 15) is 0 Å². The average Bonchev–Trinajstić information content (AvgIpc) is 2.96. The summed E-state index contributed by atoms with van der Waals surface area (Å²) in [6.45, 7) is 4.43. The van der Waals surface area contributed by atoms with Gasteiger partial charge in [-0.1, -0.05) is 115 Å². The summed E-state index contributed by atoms with van der Waals surface area (Å²) < 4.78 is 0. The minimum atomic E-state index is 1.05. The van der Waals surface area contributed by atoms with Crippen LogP contribution >= 0.6 is 0 Å². The second-order valence-corrected chi connectivity index (χ2v) is 10.5. The van der Waals surface area contributed by atoms with Crippen LogP contribution in [0.3, 0.4) is 0 Å². The van der Waals surface area contributed by atoms with Gasteiger partial charge in [-0.05, 0) is 110 Å². The Hall–Kier alpha value is -4.42. The Labute approximate surface area is 224 Å². The fourth-order valence-corrected chi connectivity index (χ4v) is 6.39.